The minimum atomic E-state index is -1.74. The molecule has 0 aromatic carbocycles. The normalized spacial score (nSPS) is 21.3. The Morgan fingerprint density at radius 2 is 2.13 bits per heavy atom. The van der Waals surface area contributed by atoms with E-state index in [4.69, 9.17) is 10.6 Å². The maximum absolute atomic E-state index is 12.9. The van der Waals surface area contributed by atoms with E-state index in [1.54, 1.807) is 6.92 Å². The van der Waals surface area contributed by atoms with Gasteiger partial charge in [-0.05, 0) is 26.3 Å². The highest BCUT2D eigenvalue weighted by Crippen LogP contribution is 2.39. The fraction of sp³-hybridized carbons (Fsp3) is 0.412. The fourth-order valence-electron chi connectivity index (χ4n) is 2.77. The van der Waals surface area contributed by atoms with Crippen molar-refractivity contribution in [1.82, 2.24) is 15.2 Å². The van der Waals surface area contributed by atoms with Gasteiger partial charge >= 0.3 is 5.97 Å². The Morgan fingerprint density at radius 1 is 1.45 bits per heavy atom. The Morgan fingerprint density at radius 3 is 2.68 bits per heavy atom. The predicted octanol–water partition coefficient (Wildman–Crippen LogP) is -1.27. The maximum Gasteiger partial charge on any atom is 0.350 e. The lowest BCUT2D eigenvalue weighted by atomic mass is 10.0. The highest BCUT2D eigenvalue weighted by atomic mass is 32.2. The molecular weight excluding hydrogens is 450 g/mol. The zero-order valence-electron chi connectivity index (χ0n) is 16.6. The van der Waals surface area contributed by atoms with E-state index in [1.807, 2.05) is 0 Å². The van der Waals surface area contributed by atoms with Crippen molar-refractivity contribution in [3.63, 3.8) is 0 Å². The van der Waals surface area contributed by atoms with Crippen LogP contribution in [0.2, 0.25) is 0 Å². The zero-order valence-corrected chi connectivity index (χ0v) is 18.2. The van der Waals surface area contributed by atoms with Crippen LogP contribution in [0.4, 0.5) is 5.13 Å². The van der Waals surface area contributed by atoms with Crippen molar-refractivity contribution in [1.29, 1.82) is 0 Å². The monoisotopic (exact) mass is 468 g/mol. The van der Waals surface area contributed by atoms with E-state index in [0.29, 0.717) is 11.3 Å². The number of aromatic nitrogens is 1. The van der Waals surface area contributed by atoms with E-state index in [1.165, 1.54) is 31.0 Å². The molecule has 3 heterocycles. The lowest BCUT2D eigenvalue weighted by molar-refractivity contribution is -0.301. The molecule has 1 saturated heterocycles. The third-order valence-corrected chi connectivity index (χ3v) is 6.60. The average molecular weight is 468 g/mol. The Kier molecular flexibility index (Phi) is 5.96. The molecule has 2 aliphatic heterocycles. The number of nitrogens with zero attached hydrogens (tertiary/aromatic N) is 3. The number of aliphatic carboxylic acids is 2. The summed E-state index contributed by atoms with van der Waals surface area (Å²) in [6.07, 6.45) is 0. The molecule has 2 atom stereocenters. The fourth-order valence-corrected chi connectivity index (χ4v) is 4.61. The summed E-state index contributed by atoms with van der Waals surface area (Å²) >= 11 is 2.32. The summed E-state index contributed by atoms with van der Waals surface area (Å²) in [5, 5.41) is 27.7. The summed E-state index contributed by atoms with van der Waals surface area (Å²) in [5.74, 6) is -3.90. The smallest absolute Gasteiger partial charge is 0.350 e. The number of thioether (sulfide) groups is 1. The molecule has 12 nitrogen and oxygen atoms in total. The molecule has 0 saturated carbocycles. The van der Waals surface area contributed by atoms with Gasteiger partial charge in [0.25, 0.3) is 11.8 Å². The van der Waals surface area contributed by atoms with Gasteiger partial charge in [0, 0.05) is 11.1 Å². The number of carbonyl (C=O) groups excluding carboxylic acids is 3. The van der Waals surface area contributed by atoms with Crippen LogP contribution in [-0.2, 0) is 24.0 Å². The van der Waals surface area contributed by atoms with Crippen molar-refractivity contribution in [3.8, 4) is 0 Å². The molecule has 14 heteroatoms. The van der Waals surface area contributed by atoms with Gasteiger partial charge in [0.05, 0.1) is 11.7 Å². The molecule has 1 aromatic heterocycles. The number of β-lactam (4-membered cyclic amide) rings is 1. The van der Waals surface area contributed by atoms with Crippen molar-refractivity contribution in [2.45, 2.75) is 37.8 Å². The van der Waals surface area contributed by atoms with Gasteiger partial charge in [-0.3, -0.25) is 14.5 Å². The number of carbonyl (C=O) groups is 4. The number of nitrogens with two attached hydrogens (primary N) is 1. The van der Waals surface area contributed by atoms with E-state index in [-0.39, 0.29) is 22.2 Å². The number of hydrogen-bond donors (Lipinski definition) is 3. The molecule has 1 aromatic rings. The van der Waals surface area contributed by atoms with Crippen molar-refractivity contribution >= 4 is 57.7 Å². The summed E-state index contributed by atoms with van der Waals surface area (Å²) in [4.78, 5) is 58.1. The van der Waals surface area contributed by atoms with Crippen LogP contribution in [0.15, 0.2) is 21.8 Å². The third-order valence-electron chi connectivity index (χ3n) is 4.50. The SMILES string of the molecule is CC1=C(C(=O)[O-])N2C(=O)[C@@H](NC(=O)/C(=N\OC(C)(C)C(=O)O)c3csc(N)n3)[C@H]2SC1. The quantitative estimate of drug-likeness (QED) is 0.247. The van der Waals surface area contributed by atoms with Crippen LogP contribution in [-0.4, -0.2) is 67.2 Å². The molecule has 166 valence electrons. The number of oxime groups is 1. The molecule has 0 spiro atoms. The Bertz CT molecular complexity index is 1030. The van der Waals surface area contributed by atoms with Crippen LogP contribution in [0.3, 0.4) is 0 Å². The van der Waals surface area contributed by atoms with Gasteiger partial charge in [-0.15, -0.1) is 23.1 Å². The number of nitrogens with one attached hydrogen (secondary N) is 1. The predicted molar refractivity (Wildman–Crippen MR) is 109 cm³/mol. The van der Waals surface area contributed by atoms with Crippen LogP contribution >= 0.6 is 23.1 Å². The van der Waals surface area contributed by atoms with E-state index in [9.17, 15) is 29.4 Å². The van der Waals surface area contributed by atoms with Crippen LogP contribution < -0.4 is 16.2 Å². The second-order valence-electron chi connectivity index (χ2n) is 7.19. The molecule has 2 aliphatic rings. The van der Waals surface area contributed by atoms with Crippen LogP contribution in [0.1, 0.15) is 26.5 Å². The minimum Gasteiger partial charge on any atom is -0.543 e. The first-order chi connectivity index (χ1) is 14.4. The summed E-state index contributed by atoms with van der Waals surface area (Å²) < 4.78 is 0. The number of carboxylic acids is 2. The van der Waals surface area contributed by atoms with Gasteiger partial charge in [-0.25, -0.2) is 9.78 Å². The van der Waals surface area contributed by atoms with Crippen molar-refractivity contribution in [3.05, 3.63) is 22.3 Å². The number of thiazole rings is 1. The number of rotatable bonds is 7. The Balaban J connectivity index is 1.83. The highest BCUT2D eigenvalue weighted by molar-refractivity contribution is 8.00. The van der Waals surface area contributed by atoms with Gasteiger partial charge in [0.15, 0.2) is 10.8 Å². The van der Waals surface area contributed by atoms with Crippen molar-refractivity contribution in [2.24, 2.45) is 5.16 Å². The lowest BCUT2D eigenvalue weighted by Crippen LogP contribution is -2.71. The first-order valence-corrected chi connectivity index (χ1v) is 10.7. The molecule has 31 heavy (non-hydrogen) atoms. The standard InChI is InChI=1S/C17H19N5O7S2/c1-6-4-30-13-9(12(24)22(13)10(6)14(25)26)20-11(23)8(7-5-31-16(18)19-7)21-29-17(2,3)15(27)28/h5,9,13H,4H2,1-3H3,(H2,18,19)(H,20,23)(H,25,26)(H,27,28)/p-1/b21-8-/t9-,13-/m1/s1. The molecule has 2 amide bonds. The molecule has 3 rings (SSSR count). The third kappa shape index (κ3) is 4.20. The largest absolute Gasteiger partial charge is 0.543 e. The Labute approximate surface area is 184 Å². The average Bonchev–Trinajstić information content (AvgIpc) is 3.11. The lowest BCUT2D eigenvalue weighted by Gasteiger charge is -2.50. The molecule has 4 N–H and O–H groups in total. The summed E-state index contributed by atoms with van der Waals surface area (Å²) in [6, 6.07) is -1.02. The second kappa shape index (κ2) is 8.19. The number of fused-ring (bicyclic) bond motifs is 1. The number of carboxylic acid groups (broad SMARTS) is 2. The first-order valence-electron chi connectivity index (χ1n) is 8.81. The summed E-state index contributed by atoms with van der Waals surface area (Å²) in [6.45, 7) is 4.07. The highest BCUT2D eigenvalue weighted by Gasteiger charge is 2.52. The van der Waals surface area contributed by atoms with Crippen LogP contribution in [0.5, 0.6) is 0 Å². The topological polar surface area (TPSA) is 187 Å². The molecular formula is C17H18N5O7S2-. The van der Waals surface area contributed by atoms with Crippen LogP contribution in [0.25, 0.3) is 0 Å². The van der Waals surface area contributed by atoms with Gasteiger partial charge in [-0.2, -0.15) is 0 Å². The van der Waals surface area contributed by atoms with E-state index >= 15 is 0 Å². The number of nitrogen functional groups attached to an aromatic ring is 1. The van der Waals surface area contributed by atoms with E-state index < -0.39 is 40.8 Å². The van der Waals surface area contributed by atoms with Gasteiger partial charge in [0.1, 0.15) is 17.1 Å². The summed E-state index contributed by atoms with van der Waals surface area (Å²) in [7, 11) is 0. The van der Waals surface area contributed by atoms with Gasteiger partial charge in [0.2, 0.25) is 5.60 Å². The second-order valence-corrected chi connectivity index (χ2v) is 9.19. The van der Waals surface area contributed by atoms with Crippen molar-refractivity contribution in [2.75, 3.05) is 11.5 Å². The Hall–Kier alpha value is -3.13. The van der Waals surface area contributed by atoms with Crippen molar-refractivity contribution < 1.29 is 34.2 Å². The maximum atomic E-state index is 12.9. The minimum absolute atomic E-state index is 0.0345. The molecule has 1 fully saturated rings. The number of hydrogen-bond acceptors (Lipinski definition) is 11. The number of amides is 2. The van der Waals surface area contributed by atoms with Crippen LogP contribution in [0, 0.1) is 0 Å². The first kappa shape index (κ1) is 22.6. The molecule has 0 aliphatic carbocycles. The van der Waals surface area contributed by atoms with Gasteiger partial charge in [-0.1, -0.05) is 5.16 Å². The van der Waals surface area contributed by atoms with Gasteiger partial charge < -0.3 is 30.9 Å². The zero-order chi connectivity index (χ0) is 23.1. The molecule has 0 unspecified atom stereocenters. The molecule has 0 bridgehead atoms. The molecule has 0 radical (unpaired) electrons. The summed E-state index contributed by atoms with van der Waals surface area (Å²) in [5.41, 5.74) is 3.82. The number of anilines is 1. The van der Waals surface area contributed by atoms with E-state index in [2.05, 4.69) is 15.5 Å². The van der Waals surface area contributed by atoms with E-state index in [0.717, 1.165) is 16.2 Å².